The van der Waals surface area contributed by atoms with Crippen LogP contribution in [-0.4, -0.2) is 0 Å². The maximum absolute atomic E-state index is 2.17. The molecular formula is C14H10. The minimum absolute atomic E-state index is 1.26. The molecule has 0 aliphatic heterocycles. The SMILES string of the molecule is c1cc2ccc(cc2)c2ccc1cc2. The summed E-state index contributed by atoms with van der Waals surface area (Å²) in [5.41, 5.74) is 0. The van der Waals surface area contributed by atoms with Gasteiger partial charge in [0.15, 0.2) is 0 Å². The lowest BCUT2D eigenvalue weighted by Crippen LogP contribution is -1.71. The third-order valence-electron chi connectivity index (χ3n) is 2.62. The van der Waals surface area contributed by atoms with Crippen LogP contribution in [0.4, 0.5) is 0 Å². The first-order chi connectivity index (χ1) is 6.92. The Kier molecular flexibility index (Phi) is 1.54. The van der Waals surface area contributed by atoms with E-state index in [4.69, 9.17) is 0 Å². The summed E-state index contributed by atoms with van der Waals surface area (Å²) in [6.45, 7) is 0. The fourth-order valence-electron chi connectivity index (χ4n) is 1.77. The van der Waals surface area contributed by atoms with Crippen LogP contribution < -0.4 is 0 Å². The quantitative estimate of drug-likeness (QED) is 0.488. The van der Waals surface area contributed by atoms with Crippen molar-refractivity contribution in [2.75, 3.05) is 0 Å². The Labute approximate surface area is 82.8 Å². The van der Waals surface area contributed by atoms with E-state index in [0.29, 0.717) is 0 Å². The van der Waals surface area contributed by atoms with Crippen LogP contribution in [0.1, 0.15) is 0 Å². The Morgan fingerprint density at radius 2 is 0.643 bits per heavy atom. The molecule has 0 aromatic heterocycles. The van der Waals surface area contributed by atoms with Gasteiger partial charge < -0.3 is 0 Å². The minimum Gasteiger partial charge on any atom is -0.0544 e. The predicted octanol–water partition coefficient (Wildman–Crippen LogP) is 3.99. The molecule has 0 atom stereocenters. The van der Waals surface area contributed by atoms with Crippen molar-refractivity contribution in [2.24, 2.45) is 0 Å². The molecule has 0 saturated heterocycles. The second-order valence-corrected chi connectivity index (χ2v) is 3.58. The van der Waals surface area contributed by atoms with Crippen LogP contribution in [-0.2, 0) is 0 Å². The molecule has 6 aromatic rings. The van der Waals surface area contributed by atoms with Gasteiger partial charge in [-0.15, -0.1) is 0 Å². The van der Waals surface area contributed by atoms with Gasteiger partial charge in [0.25, 0.3) is 0 Å². The molecule has 0 N–H and O–H groups in total. The molecule has 0 aliphatic carbocycles. The van der Waals surface area contributed by atoms with E-state index >= 15 is 0 Å². The van der Waals surface area contributed by atoms with Gasteiger partial charge in [-0.2, -0.15) is 0 Å². The summed E-state index contributed by atoms with van der Waals surface area (Å²) >= 11 is 0. The first-order valence-corrected chi connectivity index (χ1v) is 4.80. The van der Waals surface area contributed by atoms with Crippen LogP contribution in [0.3, 0.4) is 0 Å². The fourth-order valence-corrected chi connectivity index (χ4v) is 1.77. The van der Waals surface area contributed by atoms with Gasteiger partial charge in [0.1, 0.15) is 0 Å². The number of benzene rings is 2. The van der Waals surface area contributed by atoms with Crippen LogP contribution in [0.5, 0.6) is 0 Å². The maximum atomic E-state index is 2.17. The van der Waals surface area contributed by atoms with Crippen LogP contribution in [0.2, 0.25) is 0 Å². The van der Waals surface area contributed by atoms with E-state index in [0.717, 1.165) is 0 Å². The average Bonchev–Trinajstić information content (AvgIpc) is 2.30. The van der Waals surface area contributed by atoms with Crippen LogP contribution in [0.15, 0.2) is 60.7 Å². The van der Waals surface area contributed by atoms with Crippen LogP contribution in [0.25, 0.3) is 21.5 Å². The average molecular weight is 178 g/mol. The van der Waals surface area contributed by atoms with E-state index in [1.807, 2.05) is 0 Å². The normalized spacial score (nSPS) is 10.9. The predicted molar refractivity (Wildman–Crippen MR) is 61.5 cm³/mol. The molecule has 0 heterocycles. The molecule has 0 nitrogen and oxygen atoms in total. The highest BCUT2D eigenvalue weighted by atomic mass is 13.9. The number of rotatable bonds is 0. The summed E-state index contributed by atoms with van der Waals surface area (Å²) in [6.07, 6.45) is 0. The van der Waals surface area contributed by atoms with Crippen molar-refractivity contribution < 1.29 is 0 Å². The molecule has 0 amide bonds. The largest absolute Gasteiger partial charge is 0.0544 e. The van der Waals surface area contributed by atoms with E-state index in [1.54, 1.807) is 0 Å². The van der Waals surface area contributed by atoms with Gasteiger partial charge in [-0.3, -0.25) is 0 Å². The second-order valence-electron chi connectivity index (χ2n) is 3.58. The monoisotopic (exact) mass is 178 g/mol. The molecule has 14 heavy (non-hydrogen) atoms. The third kappa shape index (κ3) is 1.16. The van der Waals surface area contributed by atoms with Crippen molar-refractivity contribution in [1.29, 1.82) is 0 Å². The lowest BCUT2D eigenvalue weighted by molar-refractivity contribution is 1.77. The van der Waals surface area contributed by atoms with E-state index in [-0.39, 0.29) is 0 Å². The van der Waals surface area contributed by atoms with Gasteiger partial charge >= 0.3 is 0 Å². The zero-order valence-electron chi connectivity index (χ0n) is 7.77. The van der Waals surface area contributed by atoms with E-state index in [2.05, 4.69) is 60.7 Å². The molecule has 0 unspecified atom stereocenters. The first kappa shape index (κ1) is 7.57. The Balaban J connectivity index is 2.62. The Morgan fingerprint density at radius 1 is 0.357 bits per heavy atom. The minimum atomic E-state index is 1.26. The summed E-state index contributed by atoms with van der Waals surface area (Å²) < 4.78 is 0. The van der Waals surface area contributed by atoms with Gasteiger partial charge in [0.2, 0.25) is 0 Å². The molecular weight excluding hydrogens is 168 g/mol. The molecule has 0 heteroatoms. The van der Waals surface area contributed by atoms with Crippen molar-refractivity contribution >= 4 is 21.5 Å². The number of hydrogen-bond donors (Lipinski definition) is 0. The second kappa shape index (κ2) is 2.85. The zero-order valence-corrected chi connectivity index (χ0v) is 7.77. The molecule has 66 valence electrons. The van der Waals surface area contributed by atoms with E-state index in [9.17, 15) is 0 Å². The van der Waals surface area contributed by atoms with Crippen molar-refractivity contribution in [3.05, 3.63) is 60.7 Å². The Hall–Kier alpha value is -1.82. The maximum Gasteiger partial charge on any atom is -0.0184 e. The molecule has 6 aromatic carbocycles. The Bertz CT molecular complexity index is 499. The highest BCUT2D eigenvalue weighted by Gasteiger charge is 1.90. The van der Waals surface area contributed by atoms with Crippen molar-refractivity contribution in [1.82, 2.24) is 0 Å². The highest BCUT2D eigenvalue weighted by molar-refractivity contribution is 5.85. The topological polar surface area (TPSA) is 0 Å². The Morgan fingerprint density at radius 3 is 1.00 bits per heavy atom. The molecule has 0 spiro atoms. The van der Waals surface area contributed by atoms with Gasteiger partial charge in [0.05, 0.1) is 0 Å². The van der Waals surface area contributed by atoms with Gasteiger partial charge in [-0.1, -0.05) is 60.7 Å². The highest BCUT2D eigenvalue weighted by Crippen LogP contribution is 2.16. The molecule has 0 aliphatic rings. The summed E-state index contributed by atoms with van der Waals surface area (Å²) in [7, 11) is 0. The zero-order chi connectivity index (χ0) is 9.38. The lowest BCUT2D eigenvalue weighted by Gasteiger charge is -1.96. The third-order valence-corrected chi connectivity index (χ3v) is 2.62. The summed E-state index contributed by atoms with van der Waals surface area (Å²) in [5, 5.41) is 5.10. The van der Waals surface area contributed by atoms with E-state index in [1.165, 1.54) is 21.5 Å². The first-order valence-electron chi connectivity index (χ1n) is 4.80. The van der Waals surface area contributed by atoms with Gasteiger partial charge in [0, 0.05) is 0 Å². The molecule has 0 radical (unpaired) electrons. The summed E-state index contributed by atoms with van der Waals surface area (Å²) in [6, 6.07) is 21.6. The number of hydrogen-bond acceptors (Lipinski definition) is 0. The van der Waals surface area contributed by atoms with Gasteiger partial charge in [-0.05, 0) is 21.5 Å². The fraction of sp³-hybridized carbons (Fsp3) is 0. The van der Waals surface area contributed by atoms with E-state index < -0.39 is 0 Å². The molecule has 0 saturated carbocycles. The standard InChI is InChI=1S/C14H10/c1-2-12-5-9-14(10-6-12)13-7-3-11(1)4-8-13/h1-10H. The summed E-state index contributed by atoms with van der Waals surface area (Å²) in [5.74, 6) is 0. The molecule has 6 rings (SSSR count). The van der Waals surface area contributed by atoms with Crippen molar-refractivity contribution in [2.45, 2.75) is 0 Å². The smallest absolute Gasteiger partial charge is 0.0184 e. The van der Waals surface area contributed by atoms with Crippen LogP contribution in [0, 0.1) is 0 Å². The lowest BCUT2D eigenvalue weighted by atomic mass is 10.1. The summed E-state index contributed by atoms with van der Waals surface area (Å²) in [4.78, 5) is 0. The molecule has 4 bridgehead atoms. The van der Waals surface area contributed by atoms with Crippen molar-refractivity contribution in [3.8, 4) is 0 Å². The molecule has 0 fully saturated rings. The van der Waals surface area contributed by atoms with Crippen molar-refractivity contribution in [3.63, 3.8) is 0 Å². The van der Waals surface area contributed by atoms with Gasteiger partial charge in [-0.25, -0.2) is 0 Å². The van der Waals surface area contributed by atoms with Crippen LogP contribution >= 0.6 is 0 Å².